The second-order valence-corrected chi connectivity index (χ2v) is 2.95. The number of nitrogens with one attached hydrogen (secondary N) is 1. The fourth-order valence-corrected chi connectivity index (χ4v) is 1.21. The van der Waals surface area contributed by atoms with Gasteiger partial charge in [-0.25, -0.2) is 0 Å². The van der Waals surface area contributed by atoms with Crippen LogP contribution in [-0.2, 0) is 6.18 Å². The van der Waals surface area contributed by atoms with Crippen LogP contribution in [0.2, 0.25) is 0 Å². The van der Waals surface area contributed by atoms with Crippen molar-refractivity contribution in [3.8, 4) is 0 Å². The number of benzene rings is 1. The molecule has 0 unspecified atom stereocenters. The molecular formula is C9H7F3N2O. The van der Waals surface area contributed by atoms with Gasteiger partial charge in [-0.3, -0.25) is 0 Å². The van der Waals surface area contributed by atoms with Gasteiger partial charge in [0.05, 0.1) is 5.56 Å². The third-order valence-corrected chi connectivity index (χ3v) is 1.93. The first kappa shape index (κ1) is 9.82. The maximum atomic E-state index is 12.3. The van der Waals surface area contributed by atoms with Crippen molar-refractivity contribution in [3.63, 3.8) is 0 Å². The zero-order valence-corrected chi connectivity index (χ0v) is 7.72. The summed E-state index contributed by atoms with van der Waals surface area (Å²) in [7, 11) is 1.58. The molecule has 2 rings (SSSR count). The minimum absolute atomic E-state index is 0.189. The second kappa shape index (κ2) is 3.15. The molecule has 15 heavy (non-hydrogen) atoms. The van der Waals surface area contributed by atoms with Gasteiger partial charge < -0.3 is 9.73 Å². The highest BCUT2D eigenvalue weighted by molar-refractivity contribution is 5.75. The van der Waals surface area contributed by atoms with Crippen LogP contribution in [0.4, 0.5) is 19.2 Å². The fraction of sp³-hybridized carbons (Fsp3) is 0.222. The second-order valence-electron chi connectivity index (χ2n) is 2.95. The van der Waals surface area contributed by atoms with E-state index in [0.29, 0.717) is 5.58 Å². The lowest BCUT2D eigenvalue weighted by molar-refractivity contribution is -0.137. The van der Waals surface area contributed by atoms with E-state index in [9.17, 15) is 13.2 Å². The zero-order chi connectivity index (χ0) is 11.1. The molecule has 80 valence electrons. The number of oxazole rings is 1. The number of nitrogens with zero attached hydrogens (tertiary/aromatic N) is 1. The van der Waals surface area contributed by atoms with E-state index in [1.165, 1.54) is 6.07 Å². The Hall–Kier alpha value is -1.72. The first-order chi connectivity index (χ1) is 7.00. The molecule has 0 aliphatic heterocycles. The maximum Gasteiger partial charge on any atom is 0.416 e. The van der Waals surface area contributed by atoms with Gasteiger partial charge in [0.2, 0.25) is 0 Å². The normalized spacial score (nSPS) is 12.0. The summed E-state index contributed by atoms with van der Waals surface area (Å²) in [6.07, 6.45) is -4.35. The summed E-state index contributed by atoms with van der Waals surface area (Å²) < 4.78 is 42.1. The van der Waals surface area contributed by atoms with Crippen LogP contribution in [0, 0.1) is 0 Å². The molecule has 0 aliphatic carbocycles. The fourth-order valence-electron chi connectivity index (χ4n) is 1.21. The van der Waals surface area contributed by atoms with E-state index in [-0.39, 0.29) is 11.5 Å². The summed E-state index contributed by atoms with van der Waals surface area (Å²) in [5.41, 5.74) is -0.215. The highest BCUT2D eigenvalue weighted by atomic mass is 19.4. The number of hydrogen-bond acceptors (Lipinski definition) is 3. The Balaban J connectivity index is 2.55. The maximum absolute atomic E-state index is 12.3. The van der Waals surface area contributed by atoms with E-state index in [4.69, 9.17) is 4.42 Å². The molecule has 0 spiro atoms. The smallest absolute Gasteiger partial charge is 0.416 e. The van der Waals surface area contributed by atoms with Gasteiger partial charge in [-0.1, -0.05) is 0 Å². The van der Waals surface area contributed by atoms with Crippen molar-refractivity contribution in [2.24, 2.45) is 0 Å². The number of rotatable bonds is 1. The zero-order valence-electron chi connectivity index (χ0n) is 7.72. The molecule has 0 fully saturated rings. The summed E-state index contributed by atoms with van der Waals surface area (Å²) in [6, 6.07) is 3.38. The molecule has 2 aromatic rings. The molecule has 0 saturated carbocycles. The van der Waals surface area contributed by atoms with Crippen molar-refractivity contribution in [1.29, 1.82) is 0 Å². The largest absolute Gasteiger partial charge is 0.424 e. The van der Waals surface area contributed by atoms with Crippen molar-refractivity contribution < 1.29 is 17.6 Å². The summed E-state index contributed by atoms with van der Waals surface area (Å²) in [5.74, 6) is 0. The van der Waals surface area contributed by atoms with Gasteiger partial charge in [-0.05, 0) is 18.2 Å². The molecule has 6 heteroatoms. The predicted octanol–water partition coefficient (Wildman–Crippen LogP) is 2.89. The van der Waals surface area contributed by atoms with Crippen LogP contribution in [0.25, 0.3) is 11.1 Å². The number of anilines is 1. The van der Waals surface area contributed by atoms with Crippen LogP contribution in [-0.4, -0.2) is 12.0 Å². The number of hydrogen-bond donors (Lipinski definition) is 1. The summed E-state index contributed by atoms with van der Waals surface area (Å²) in [4.78, 5) is 3.83. The lowest BCUT2D eigenvalue weighted by Gasteiger charge is -2.04. The molecule has 3 nitrogen and oxygen atoms in total. The van der Waals surface area contributed by atoms with E-state index in [1.54, 1.807) is 7.05 Å². The Morgan fingerprint density at radius 2 is 2.07 bits per heavy atom. The van der Waals surface area contributed by atoms with Crippen LogP contribution < -0.4 is 5.32 Å². The quantitative estimate of drug-likeness (QED) is 0.796. The lowest BCUT2D eigenvalue weighted by atomic mass is 10.2. The van der Waals surface area contributed by atoms with Crippen molar-refractivity contribution in [2.45, 2.75) is 6.18 Å². The predicted molar refractivity (Wildman–Crippen MR) is 48.6 cm³/mol. The van der Waals surface area contributed by atoms with Gasteiger partial charge in [0.1, 0.15) is 5.52 Å². The van der Waals surface area contributed by atoms with Crippen LogP contribution in [0.1, 0.15) is 5.56 Å². The Bertz CT molecular complexity index is 490. The first-order valence-electron chi connectivity index (χ1n) is 4.16. The summed E-state index contributed by atoms with van der Waals surface area (Å²) >= 11 is 0. The number of halogens is 3. The Morgan fingerprint density at radius 3 is 2.67 bits per heavy atom. The van der Waals surface area contributed by atoms with Crippen molar-refractivity contribution in [2.75, 3.05) is 12.4 Å². The van der Waals surface area contributed by atoms with E-state index < -0.39 is 11.7 Å². The highest BCUT2D eigenvalue weighted by Gasteiger charge is 2.30. The molecule has 1 aromatic carbocycles. The number of alkyl halides is 3. The number of fused-ring (bicyclic) bond motifs is 1. The van der Waals surface area contributed by atoms with Gasteiger partial charge in [0, 0.05) is 7.05 Å². The molecular weight excluding hydrogens is 209 g/mol. The van der Waals surface area contributed by atoms with E-state index >= 15 is 0 Å². The standard InChI is InChI=1S/C9H7F3N2O/c1-13-8-14-6-4-5(9(10,11)12)2-3-7(6)15-8/h2-4H,1H3,(H,13,14). The van der Waals surface area contributed by atoms with Crippen molar-refractivity contribution in [1.82, 2.24) is 4.98 Å². The van der Waals surface area contributed by atoms with Gasteiger partial charge in [-0.15, -0.1) is 0 Å². The molecule has 0 amide bonds. The monoisotopic (exact) mass is 216 g/mol. The molecule has 0 saturated heterocycles. The average Bonchev–Trinajstić information content (AvgIpc) is 2.57. The Morgan fingerprint density at radius 1 is 1.33 bits per heavy atom. The van der Waals surface area contributed by atoms with Gasteiger partial charge in [0.15, 0.2) is 5.58 Å². The van der Waals surface area contributed by atoms with Crippen molar-refractivity contribution in [3.05, 3.63) is 23.8 Å². The minimum atomic E-state index is -4.35. The van der Waals surface area contributed by atoms with Gasteiger partial charge in [-0.2, -0.15) is 18.2 Å². The third kappa shape index (κ3) is 1.74. The van der Waals surface area contributed by atoms with E-state index in [0.717, 1.165) is 12.1 Å². The molecule has 0 aliphatic rings. The van der Waals surface area contributed by atoms with Crippen LogP contribution in [0.15, 0.2) is 22.6 Å². The number of aromatic nitrogens is 1. The first-order valence-corrected chi connectivity index (χ1v) is 4.16. The Labute approximate surface area is 82.9 Å². The van der Waals surface area contributed by atoms with Crippen LogP contribution >= 0.6 is 0 Å². The lowest BCUT2D eigenvalue weighted by Crippen LogP contribution is -2.03. The van der Waals surface area contributed by atoms with Crippen LogP contribution in [0.5, 0.6) is 0 Å². The molecule has 0 atom stereocenters. The minimum Gasteiger partial charge on any atom is -0.424 e. The van der Waals surface area contributed by atoms with Crippen molar-refractivity contribution >= 4 is 17.1 Å². The summed E-state index contributed by atoms with van der Waals surface area (Å²) in [6.45, 7) is 0. The van der Waals surface area contributed by atoms with Gasteiger partial charge >= 0.3 is 6.18 Å². The Kier molecular flexibility index (Phi) is 2.06. The highest BCUT2D eigenvalue weighted by Crippen LogP contribution is 2.31. The SMILES string of the molecule is CNc1nc2cc(C(F)(F)F)ccc2o1. The molecule has 0 radical (unpaired) electrons. The molecule has 1 N–H and O–H groups in total. The van der Waals surface area contributed by atoms with E-state index in [1.807, 2.05) is 0 Å². The topological polar surface area (TPSA) is 38.1 Å². The average molecular weight is 216 g/mol. The summed E-state index contributed by atoms with van der Waals surface area (Å²) in [5, 5.41) is 2.62. The molecule has 0 bridgehead atoms. The third-order valence-electron chi connectivity index (χ3n) is 1.93. The van der Waals surface area contributed by atoms with Crippen LogP contribution in [0.3, 0.4) is 0 Å². The van der Waals surface area contributed by atoms with Gasteiger partial charge in [0.25, 0.3) is 6.01 Å². The molecule has 1 aromatic heterocycles. The molecule has 1 heterocycles. The van der Waals surface area contributed by atoms with E-state index in [2.05, 4.69) is 10.3 Å².